The quantitative estimate of drug-likeness (QED) is 0.294. The molecule has 0 N–H and O–H groups in total. The molecule has 2 heterocycles. The number of rotatable bonds is 4. The summed E-state index contributed by atoms with van der Waals surface area (Å²) in [5, 5.41) is 6.27. The predicted molar refractivity (Wildman–Crippen MR) is 113 cm³/mol. The van der Waals surface area contributed by atoms with Gasteiger partial charge in [0.1, 0.15) is 17.9 Å². The zero-order valence-electron chi connectivity index (χ0n) is 16.9. The van der Waals surface area contributed by atoms with Gasteiger partial charge in [-0.2, -0.15) is 5.10 Å². The topological polar surface area (TPSA) is 91.4 Å². The largest absolute Gasteiger partial charge is 0.425 e. The second-order valence-electron chi connectivity index (χ2n) is 7.13. The van der Waals surface area contributed by atoms with Crippen LogP contribution >= 0.6 is 0 Å². The summed E-state index contributed by atoms with van der Waals surface area (Å²) in [5.74, 6) is -0.336. The van der Waals surface area contributed by atoms with Crippen molar-refractivity contribution in [2.24, 2.45) is 0 Å². The number of hydrogen-bond acceptors (Lipinski definition) is 6. The van der Waals surface area contributed by atoms with Crippen molar-refractivity contribution in [2.75, 3.05) is 0 Å². The smallest absolute Gasteiger partial charge is 0.336 e. The number of nitrogens with zero attached hydrogens (tertiary/aromatic N) is 2. The molecule has 0 aliphatic heterocycles. The lowest BCUT2D eigenvalue weighted by molar-refractivity contribution is -0.135. The molecule has 30 heavy (non-hydrogen) atoms. The molecule has 0 atom stereocenters. The minimum atomic E-state index is -0.636. The standard InChI is InChI=1S/C23H20N2O5/c1-4-15-10-18-13(2)9-21(26)30-20(18)11-19(15)29-22(27)12-25-23(28)17-8-6-5-7-16(17)14(3)24-25/h5-11H,4,12H2,1-3H3. The lowest BCUT2D eigenvalue weighted by Crippen LogP contribution is -2.29. The van der Waals surface area contributed by atoms with Gasteiger partial charge >= 0.3 is 11.6 Å². The van der Waals surface area contributed by atoms with Crippen molar-refractivity contribution in [1.29, 1.82) is 0 Å². The van der Waals surface area contributed by atoms with Crippen LogP contribution in [0.5, 0.6) is 5.75 Å². The summed E-state index contributed by atoms with van der Waals surface area (Å²) in [6, 6.07) is 11.9. The Morgan fingerprint density at radius 3 is 2.53 bits per heavy atom. The number of aromatic nitrogens is 2. The maximum atomic E-state index is 12.7. The Hall–Kier alpha value is -3.74. The fraction of sp³-hybridized carbons (Fsp3) is 0.217. The van der Waals surface area contributed by atoms with Crippen molar-refractivity contribution in [3.63, 3.8) is 0 Å². The first-order chi connectivity index (χ1) is 14.4. The van der Waals surface area contributed by atoms with Gasteiger partial charge in [-0.25, -0.2) is 14.3 Å². The van der Waals surface area contributed by atoms with Crippen molar-refractivity contribution in [2.45, 2.75) is 33.7 Å². The molecule has 0 aliphatic rings. The Kier molecular flexibility index (Phi) is 4.95. The van der Waals surface area contributed by atoms with Gasteiger partial charge in [0.2, 0.25) is 0 Å². The number of esters is 1. The number of carbonyl (C=O) groups is 1. The summed E-state index contributed by atoms with van der Waals surface area (Å²) >= 11 is 0. The highest BCUT2D eigenvalue weighted by Gasteiger charge is 2.16. The first kappa shape index (κ1) is 19.6. The zero-order chi connectivity index (χ0) is 21.4. The van der Waals surface area contributed by atoms with E-state index in [1.165, 1.54) is 6.07 Å². The summed E-state index contributed by atoms with van der Waals surface area (Å²) < 4.78 is 11.9. The number of benzene rings is 2. The molecule has 7 heteroatoms. The average Bonchev–Trinajstić information content (AvgIpc) is 2.71. The highest BCUT2D eigenvalue weighted by Crippen LogP contribution is 2.28. The Balaban J connectivity index is 1.69. The molecular formula is C23H20N2O5. The van der Waals surface area contributed by atoms with Gasteiger partial charge < -0.3 is 9.15 Å². The first-order valence-electron chi connectivity index (χ1n) is 9.62. The number of carbonyl (C=O) groups excluding carboxylic acids is 1. The number of aryl methyl sites for hydroxylation is 3. The number of hydrogen-bond donors (Lipinski definition) is 0. The molecular weight excluding hydrogens is 384 g/mol. The van der Waals surface area contributed by atoms with Gasteiger partial charge in [0.05, 0.1) is 11.1 Å². The monoisotopic (exact) mass is 404 g/mol. The van der Waals surface area contributed by atoms with Crippen molar-refractivity contribution >= 4 is 27.7 Å². The van der Waals surface area contributed by atoms with Crippen molar-refractivity contribution in [3.05, 3.63) is 80.1 Å². The molecule has 0 saturated carbocycles. The number of fused-ring (bicyclic) bond motifs is 2. The summed E-state index contributed by atoms with van der Waals surface area (Å²) in [6.07, 6.45) is 0.615. The van der Waals surface area contributed by atoms with Crippen LogP contribution in [0.25, 0.3) is 21.7 Å². The lowest BCUT2D eigenvalue weighted by Gasteiger charge is -2.12. The number of ether oxygens (including phenoxy) is 1. The normalized spacial score (nSPS) is 11.2. The van der Waals surface area contributed by atoms with Crippen LogP contribution in [0.1, 0.15) is 23.7 Å². The highest BCUT2D eigenvalue weighted by molar-refractivity contribution is 5.85. The highest BCUT2D eigenvalue weighted by atomic mass is 16.5. The van der Waals surface area contributed by atoms with Crippen molar-refractivity contribution in [1.82, 2.24) is 9.78 Å². The maximum Gasteiger partial charge on any atom is 0.336 e. The molecule has 0 saturated heterocycles. The molecule has 152 valence electrons. The van der Waals surface area contributed by atoms with Crippen LogP contribution in [0, 0.1) is 13.8 Å². The molecule has 0 amide bonds. The molecule has 0 unspecified atom stereocenters. The molecule has 4 aromatic rings. The minimum Gasteiger partial charge on any atom is -0.425 e. The molecule has 0 bridgehead atoms. The van der Waals surface area contributed by atoms with Gasteiger partial charge in [-0.3, -0.25) is 4.79 Å². The third kappa shape index (κ3) is 3.50. The average molecular weight is 404 g/mol. The molecule has 0 aliphatic carbocycles. The molecule has 2 aromatic heterocycles. The molecule has 0 spiro atoms. The predicted octanol–water partition coefficient (Wildman–Crippen LogP) is 3.29. The van der Waals surface area contributed by atoms with Crippen LogP contribution < -0.4 is 15.9 Å². The summed E-state index contributed by atoms with van der Waals surface area (Å²) in [7, 11) is 0. The molecule has 0 radical (unpaired) electrons. The van der Waals surface area contributed by atoms with E-state index in [9.17, 15) is 14.4 Å². The molecule has 2 aromatic carbocycles. The van der Waals surface area contributed by atoms with E-state index in [1.807, 2.05) is 32.0 Å². The van der Waals surface area contributed by atoms with Gasteiger partial charge in [0, 0.05) is 22.9 Å². The first-order valence-corrected chi connectivity index (χ1v) is 9.62. The van der Waals surface area contributed by atoms with Crippen molar-refractivity contribution < 1.29 is 13.9 Å². The van der Waals surface area contributed by atoms with Crippen LogP contribution in [0.4, 0.5) is 0 Å². The Morgan fingerprint density at radius 1 is 1.07 bits per heavy atom. The van der Waals surface area contributed by atoms with Gasteiger partial charge in [0.15, 0.2) is 0 Å². The summed E-state index contributed by atoms with van der Waals surface area (Å²) in [4.78, 5) is 37.0. The minimum absolute atomic E-state index is 0.300. The zero-order valence-corrected chi connectivity index (χ0v) is 16.9. The van der Waals surface area contributed by atoms with Crippen LogP contribution in [0.15, 0.2) is 56.5 Å². The SMILES string of the molecule is CCc1cc2c(C)cc(=O)oc2cc1OC(=O)Cn1nc(C)c2ccccc2c1=O. The second kappa shape index (κ2) is 7.59. The van der Waals surface area contributed by atoms with Gasteiger partial charge in [-0.1, -0.05) is 25.1 Å². The third-order valence-corrected chi connectivity index (χ3v) is 5.07. The lowest BCUT2D eigenvalue weighted by atomic mass is 10.1. The van der Waals surface area contributed by atoms with Crippen LogP contribution in [-0.4, -0.2) is 15.7 Å². The second-order valence-corrected chi connectivity index (χ2v) is 7.13. The Morgan fingerprint density at radius 2 is 1.80 bits per heavy atom. The van der Waals surface area contributed by atoms with Crippen LogP contribution in [0.2, 0.25) is 0 Å². The van der Waals surface area contributed by atoms with E-state index in [2.05, 4.69) is 5.10 Å². The maximum absolute atomic E-state index is 12.7. The fourth-order valence-electron chi connectivity index (χ4n) is 3.55. The van der Waals surface area contributed by atoms with E-state index in [0.29, 0.717) is 28.8 Å². The van der Waals surface area contributed by atoms with Crippen LogP contribution in [-0.2, 0) is 17.8 Å². The van der Waals surface area contributed by atoms with Gasteiger partial charge in [0.25, 0.3) is 5.56 Å². The van der Waals surface area contributed by atoms with Crippen LogP contribution in [0.3, 0.4) is 0 Å². The Bertz CT molecular complexity index is 1420. The molecule has 7 nitrogen and oxygen atoms in total. The van der Waals surface area contributed by atoms with E-state index in [4.69, 9.17) is 9.15 Å². The summed E-state index contributed by atoms with van der Waals surface area (Å²) in [6.45, 7) is 5.21. The third-order valence-electron chi connectivity index (χ3n) is 5.07. The van der Waals surface area contributed by atoms with Gasteiger partial charge in [-0.15, -0.1) is 0 Å². The fourth-order valence-corrected chi connectivity index (χ4v) is 3.55. The van der Waals surface area contributed by atoms with Gasteiger partial charge in [-0.05, 0) is 43.5 Å². The van der Waals surface area contributed by atoms with Crippen molar-refractivity contribution in [3.8, 4) is 5.75 Å². The van der Waals surface area contributed by atoms with E-state index in [-0.39, 0.29) is 12.1 Å². The summed E-state index contributed by atoms with van der Waals surface area (Å²) in [5.41, 5.74) is 1.75. The molecule has 0 fully saturated rings. The van der Waals surface area contributed by atoms with E-state index < -0.39 is 11.6 Å². The van der Waals surface area contributed by atoms with E-state index >= 15 is 0 Å². The van der Waals surface area contributed by atoms with E-state index in [1.54, 1.807) is 25.1 Å². The van der Waals surface area contributed by atoms with E-state index in [0.717, 1.165) is 26.6 Å². The Labute approximate surface area is 171 Å². The molecule has 4 rings (SSSR count).